The van der Waals surface area contributed by atoms with Crippen molar-refractivity contribution < 1.29 is 80.2 Å². The van der Waals surface area contributed by atoms with E-state index in [1.807, 2.05) is 0 Å². The van der Waals surface area contributed by atoms with Gasteiger partial charge in [0.2, 0.25) is 0 Å². The minimum absolute atomic E-state index is 0.0860. The quantitative estimate of drug-likeness (QED) is 0.0169. The molecule has 0 saturated heterocycles. The molecule has 3 N–H and O–H groups in total. The molecule has 0 aliphatic rings. The van der Waals surface area contributed by atoms with Gasteiger partial charge in [0.25, 0.3) is 0 Å². The summed E-state index contributed by atoms with van der Waals surface area (Å²) < 4.78 is 68.7. The predicted octanol–water partition coefficient (Wildman–Crippen LogP) is 24.5. The highest BCUT2D eigenvalue weighted by molar-refractivity contribution is 7.47. The first kappa shape index (κ1) is 98.5. The largest absolute Gasteiger partial charge is 0.472 e. The summed E-state index contributed by atoms with van der Waals surface area (Å²) in [6.07, 6.45) is 71.4. The van der Waals surface area contributed by atoms with Crippen molar-refractivity contribution in [3.8, 4) is 0 Å². The molecule has 17 nitrogen and oxygen atoms in total. The molecule has 0 heterocycles. The maximum atomic E-state index is 13.1. The number of aliphatic hydroxyl groups excluding tert-OH is 1. The van der Waals surface area contributed by atoms with Gasteiger partial charge in [-0.1, -0.05) is 367 Å². The average Bonchev–Trinajstić information content (AvgIpc) is 1.32. The third-order valence-electron chi connectivity index (χ3n) is 18.7. The lowest BCUT2D eigenvalue weighted by Gasteiger charge is -2.21. The van der Waals surface area contributed by atoms with E-state index in [2.05, 4.69) is 52.0 Å². The number of carbonyl (C=O) groups excluding carboxylic acids is 4. The van der Waals surface area contributed by atoms with Crippen molar-refractivity contribution in [1.82, 2.24) is 0 Å². The molecule has 0 radical (unpaired) electrons. The number of aliphatic hydroxyl groups is 1. The van der Waals surface area contributed by atoms with E-state index in [0.29, 0.717) is 25.7 Å². The topological polar surface area (TPSA) is 237 Å². The number of carbonyl (C=O) groups is 4. The molecular formula is C82H156O17P2. The molecule has 0 aromatic rings. The second kappa shape index (κ2) is 75.8. The van der Waals surface area contributed by atoms with Crippen LogP contribution in [0.5, 0.6) is 0 Å². The molecule has 0 saturated carbocycles. The molecule has 2 unspecified atom stereocenters. The third kappa shape index (κ3) is 75.6. The molecule has 0 bridgehead atoms. The third-order valence-corrected chi connectivity index (χ3v) is 20.6. The van der Waals surface area contributed by atoms with Gasteiger partial charge in [-0.2, -0.15) is 0 Å². The van der Waals surface area contributed by atoms with E-state index in [1.165, 1.54) is 238 Å². The molecule has 0 aliphatic heterocycles. The van der Waals surface area contributed by atoms with E-state index in [1.54, 1.807) is 0 Å². The maximum Gasteiger partial charge on any atom is 0.472 e. The minimum Gasteiger partial charge on any atom is -0.462 e. The van der Waals surface area contributed by atoms with E-state index >= 15 is 0 Å². The molecular weight excluding hydrogens is 1320 g/mol. The Bertz CT molecular complexity index is 2010. The number of unbranched alkanes of at least 4 members (excludes halogenated alkanes) is 52. The van der Waals surface area contributed by atoms with Crippen LogP contribution in [0.2, 0.25) is 0 Å². The highest BCUT2D eigenvalue weighted by Gasteiger charge is 2.30. The van der Waals surface area contributed by atoms with Crippen molar-refractivity contribution in [2.24, 2.45) is 0 Å². The van der Waals surface area contributed by atoms with Gasteiger partial charge in [-0.15, -0.1) is 0 Å². The van der Waals surface area contributed by atoms with E-state index in [0.717, 1.165) is 103 Å². The van der Waals surface area contributed by atoms with Gasteiger partial charge in [0.1, 0.15) is 19.3 Å². The fourth-order valence-electron chi connectivity index (χ4n) is 12.3. The fourth-order valence-corrected chi connectivity index (χ4v) is 13.9. The summed E-state index contributed by atoms with van der Waals surface area (Å²) in [5.74, 6) is -2.13. The van der Waals surface area contributed by atoms with Gasteiger partial charge in [-0.05, 0) is 51.4 Å². The normalized spacial score (nSPS) is 13.9. The first-order valence-corrected chi connectivity index (χ1v) is 45.1. The first-order valence-electron chi connectivity index (χ1n) is 42.1. The Labute approximate surface area is 618 Å². The van der Waals surface area contributed by atoms with Gasteiger partial charge in [0.15, 0.2) is 12.2 Å². The molecule has 0 spiro atoms. The van der Waals surface area contributed by atoms with Gasteiger partial charge >= 0.3 is 39.5 Å². The van der Waals surface area contributed by atoms with Crippen LogP contribution in [0.4, 0.5) is 0 Å². The summed E-state index contributed by atoms with van der Waals surface area (Å²) in [5, 5.41) is 10.6. The summed E-state index contributed by atoms with van der Waals surface area (Å²) in [7, 11) is -9.93. The number of phosphoric acid groups is 2. The van der Waals surface area contributed by atoms with Crippen LogP contribution in [-0.4, -0.2) is 96.7 Å². The molecule has 0 amide bonds. The van der Waals surface area contributed by atoms with E-state index in [-0.39, 0.29) is 25.7 Å². The van der Waals surface area contributed by atoms with Crippen LogP contribution < -0.4 is 0 Å². The number of phosphoric ester groups is 2. The summed E-state index contributed by atoms with van der Waals surface area (Å²) >= 11 is 0. The summed E-state index contributed by atoms with van der Waals surface area (Å²) in [4.78, 5) is 73.1. The minimum atomic E-state index is -4.97. The smallest absolute Gasteiger partial charge is 0.462 e. The van der Waals surface area contributed by atoms with Crippen LogP contribution in [0.25, 0.3) is 0 Å². The van der Waals surface area contributed by atoms with Crippen LogP contribution >= 0.6 is 15.6 Å². The number of hydrogen-bond acceptors (Lipinski definition) is 15. The zero-order valence-electron chi connectivity index (χ0n) is 65.4. The van der Waals surface area contributed by atoms with Gasteiger partial charge in [-0.25, -0.2) is 9.13 Å². The monoisotopic (exact) mass is 1480 g/mol. The lowest BCUT2D eigenvalue weighted by molar-refractivity contribution is -0.161. The summed E-state index contributed by atoms with van der Waals surface area (Å²) in [6.45, 7) is 4.97. The molecule has 0 aliphatic carbocycles. The van der Waals surface area contributed by atoms with E-state index in [9.17, 15) is 43.2 Å². The molecule has 19 heteroatoms. The summed E-state index contributed by atoms with van der Waals surface area (Å²) in [6, 6.07) is 0. The van der Waals surface area contributed by atoms with Crippen molar-refractivity contribution >= 4 is 39.5 Å². The maximum absolute atomic E-state index is 13.1. The van der Waals surface area contributed by atoms with E-state index in [4.69, 9.17) is 37.0 Å². The predicted molar refractivity (Wildman–Crippen MR) is 414 cm³/mol. The van der Waals surface area contributed by atoms with Gasteiger partial charge in [-0.3, -0.25) is 37.3 Å². The van der Waals surface area contributed by atoms with Gasteiger partial charge in [0.05, 0.1) is 26.4 Å². The Kier molecular flexibility index (Phi) is 73.9. The number of hydrogen-bond donors (Lipinski definition) is 3. The first-order chi connectivity index (χ1) is 49.2. The molecule has 0 fully saturated rings. The second-order valence-corrected chi connectivity index (χ2v) is 31.7. The SMILES string of the molecule is CCCCCC/C=C\C=C/CCCCCCCC(=O)O[C@H](COC(=O)CCCCCCCCCCCCCC)COP(=O)(O)OC[C@H](O)COP(=O)(O)OC[C@@H](COC(=O)CCCCCCCCCCCCCCCCCCC)OC(=O)CCCCCCCCCCCCCCCCCCC. The number of rotatable bonds is 81. The highest BCUT2D eigenvalue weighted by Crippen LogP contribution is 2.45. The van der Waals surface area contributed by atoms with Crippen LogP contribution in [0, 0.1) is 0 Å². The number of esters is 4. The van der Waals surface area contributed by atoms with Crippen LogP contribution in [0.15, 0.2) is 24.3 Å². The van der Waals surface area contributed by atoms with Gasteiger partial charge in [0, 0.05) is 25.7 Å². The second-order valence-electron chi connectivity index (χ2n) is 28.8. The Morgan fingerprint density at radius 3 is 0.723 bits per heavy atom. The van der Waals surface area contributed by atoms with Crippen molar-refractivity contribution in [3.05, 3.63) is 24.3 Å². The van der Waals surface area contributed by atoms with Crippen molar-refractivity contribution in [2.45, 2.75) is 438 Å². The Morgan fingerprint density at radius 1 is 0.277 bits per heavy atom. The van der Waals surface area contributed by atoms with E-state index < -0.39 is 97.5 Å². The van der Waals surface area contributed by atoms with Crippen LogP contribution in [-0.2, 0) is 65.4 Å². The van der Waals surface area contributed by atoms with Gasteiger partial charge < -0.3 is 33.8 Å². The Balaban J connectivity index is 5.29. The molecule has 0 aromatic heterocycles. The molecule has 0 rings (SSSR count). The molecule has 0 aromatic carbocycles. The zero-order valence-corrected chi connectivity index (χ0v) is 67.2. The zero-order chi connectivity index (χ0) is 73.9. The number of ether oxygens (including phenoxy) is 4. The lowest BCUT2D eigenvalue weighted by atomic mass is 10.0. The van der Waals surface area contributed by atoms with Crippen molar-refractivity contribution in [3.63, 3.8) is 0 Å². The van der Waals surface area contributed by atoms with Crippen molar-refractivity contribution in [1.29, 1.82) is 0 Å². The molecule has 5 atom stereocenters. The lowest BCUT2D eigenvalue weighted by Crippen LogP contribution is -2.30. The Hall–Kier alpha value is -2.46. The average molecular weight is 1480 g/mol. The standard InChI is InChI=1S/C82H156O17P2/c1-5-9-13-17-21-25-29-33-36-38-41-43-47-51-55-59-63-67-80(85)93-73-78(99-82(87)69-65-61-57-53-49-45-42-39-37-34-30-26-22-18-14-10-6-2)75-97-101(90,91)95-71-76(83)70-94-100(88,89)96-74-77(72-92-79(84)66-62-58-54-50-46-32-28-24-20-16-12-8-4)98-81(86)68-64-60-56-52-48-44-40-35-31-27-23-19-15-11-7-3/h27,31,35,40,76-78,83H,5-26,28-30,32-34,36-39,41-75H2,1-4H3,(H,88,89)(H,90,91)/b31-27-,40-35-/t76-,77+,78+/m0/s1. The molecule has 596 valence electrons. The highest BCUT2D eigenvalue weighted by atomic mass is 31.2. The Morgan fingerprint density at radius 2 is 0.475 bits per heavy atom. The fraction of sp³-hybridized carbons (Fsp3) is 0.902. The van der Waals surface area contributed by atoms with Crippen LogP contribution in [0.3, 0.4) is 0 Å². The summed E-state index contributed by atoms with van der Waals surface area (Å²) in [5.41, 5.74) is 0. The number of allylic oxidation sites excluding steroid dienone is 4. The van der Waals surface area contributed by atoms with Crippen LogP contribution in [0.1, 0.15) is 419 Å². The molecule has 101 heavy (non-hydrogen) atoms. The van der Waals surface area contributed by atoms with Crippen molar-refractivity contribution in [2.75, 3.05) is 39.6 Å².